The van der Waals surface area contributed by atoms with E-state index in [1.807, 2.05) is 23.1 Å². The molecule has 1 saturated heterocycles. The van der Waals surface area contributed by atoms with Crippen molar-refractivity contribution in [3.05, 3.63) is 41.9 Å². The van der Waals surface area contributed by atoms with Gasteiger partial charge in [-0.1, -0.05) is 6.07 Å². The maximum Gasteiger partial charge on any atom is 0.133 e. The lowest BCUT2D eigenvalue weighted by atomic mass is 10.1. The number of fused-ring (bicyclic) bond motifs is 1. The van der Waals surface area contributed by atoms with Gasteiger partial charge in [-0.15, -0.1) is 0 Å². The number of aryl methyl sites for hydroxylation is 1. The fourth-order valence-corrected chi connectivity index (χ4v) is 3.78. The predicted molar refractivity (Wildman–Crippen MR) is 97.6 cm³/mol. The molecule has 25 heavy (non-hydrogen) atoms. The topological polar surface area (TPSA) is 46.4 Å². The van der Waals surface area contributed by atoms with Gasteiger partial charge in [0.05, 0.1) is 13.2 Å². The summed E-state index contributed by atoms with van der Waals surface area (Å²) < 4.78 is 7.55. The molecule has 0 N–H and O–H groups in total. The first kappa shape index (κ1) is 16.5. The molecule has 6 heteroatoms. The van der Waals surface area contributed by atoms with Crippen molar-refractivity contribution < 1.29 is 4.74 Å². The second kappa shape index (κ2) is 7.54. The van der Waals surface area contributed by atoms with Gasteiger partial charge < -0.3 is 9.64 Å². The molecular weight excluding hydrogens is 314 g/mol. The van der Waals surface area contributed by atoms with E-state index in [0.717, 1.165) is 64.0 Å². The van der Waals surface area contributed by atoms with Gasteiger partial charge in [-0.05, 0) is 31.4 Å². The van der Waals surface area contributed by atoms with Gasteiger partial charge >= 0.3 is 0 Å². The van der Waals surface area contributed by atoms with E-state index >= 15 is 0 Å². The summed E-state index contributed by atoms with van der Waals surface area (Å²) in [5.41, 5.74) is 2.42. The highest BCUT2D eigenvalue weighted by Gasteiger charge is 2.24. The molecule has 2 aliphatic rings. The van der Waals surface area contributed by atoms with E-state index in [9.17, 15) is 0 Å². The molecule has 0 aliphatic carbocycles. The van der Waals surface area contributed by atoms with E-state index in [-0.39, 0.29) is 0 Å². The Morgan fingerprint density at radius 1 is 1.24 bits per heavy atom. The standard InChI is InChI=1S/C19H27N5O/c1-16-3-4-18-14-22(13-17-5-12-25-15-17)8-9-23(19(18)21-16)10-11-24-7-2-6-20-24/h2-4,6-7,17H,5,8-15H2,1H3/t17-/m1/s1. The number of ether oxygens (including phenoxy) is 1. The monoisotopic (exact) mass is 341 g/mol. The van der Waals surface area contributed by atoms with Crippen molar-refractivity contribution in [2.45, 2.75) is 26.4 Å². The minimum absolute atomic E-state index is 0.678. The third kappa shape index (κ3) is 4.02. The van der Waals surface area contributed by atoms with Crippen molar-refractivity contribution in [1.82, 2.24) is 19.7 Å². The van der Waals surface area contributed by atoms with E-state index in [0.29, 0.717) is 5.92 Å². The third-order valence-corrected chi connectivity index (χ3v) is 5.17. The first-order valence-corrected chi connectivity index (χ1v) is 9.27. The molecule has 0 saturated carbocycles. The molecular formula is C19H27N5O. The second-order valence-corrected chi connectivity index (χ2v) is 7.16. The first-order chi connectivity index (χ1) is 12.3. The highest BCUT2D eigenvalue weighted by molar-refractivity contribution is 5.48. The van der Waals surface area contributed by atoms with Crippen molar-refractivity contribution >= 4 is 5.82 Å². The molecule has 2 aromatic heterocycles. The van der Waals surface area contributed by atoms with Gasteiger partial charge in [-0.2, -0.15) is 5.10 Å². The van der Waals surface area contributed by atoms with E-state index in [1.165, 1.54) is 12.0 Å². The van der Waals surface area contributed by atoms with Crippen LogP contribution in [0.3, 0.4) is 0 Å². The molecule has 0 radical (unpaired) electrons. The highest BCUT2D eigenvalue weighted by atomic mass is 16.5. The Kier molecular flexibility index (Phi) is 4.99. The largest absolute Gasteiger partial charge is 0.381 e. The summed E-state index contributed by atoms with van der Waals surface area (Å²) in [6.45, 7) is 9.93. The summed E-state index contributed by atoms with van der Waals surface area (Å²) in [7, 11) is 0. The van der Waals surface area contributed by atoms with Crippen LogP contribution in [0.5, 0.6) is 0 Å². The number of hydrogen-bond acceptors (Lipinski definition) is 5. The van der Waals surface area contributed by atoms with E-state index in [2.05, 4.69) is 34.0 Å². The summed E-state index contributed by atoms with van der Waals surface area (Å²) in [6, 6.07) is 6.36. The van der Waals surface area contributed by atoms with Crippen molar-refractivity contribution in [3.8, 4) is 0 Å². The lowest BCUT2D eigenvalue weighted by Crippen LogP contribution is -2.36. The van der Waals surface area contributed by atoms with Crippen molar-refractivity contribution in [2.24, 2.45) is 5.92 Å². The summed E-state index contributed by atoms with van der Waals surface area (Å²) in [6.07, 6.45) is 5.05. The Morgan fingerprint density at radius 3 is 3.00 bits per heavy atom. The summed E-state index contributed by atoms with van der Waals surface area (Å²) >= 11 is 0. The Hall–Kier alpha value is -1.92. The smallest absolute Gasteiger partial charge is 0.133 e. The van der Waals surface area contributed by atoms with Crippen molar-refractivity contribution in [1.29, 1.82) is 0 Å². The van der Waals surface area contributed by atoms with Crippen LogP contribution in [0, 0.1) is 12.8 Å². The van der Waals surface area contributed by atoms with Crippen molar-refractivity contribution in [3.63, 3.8) is 0 Å². The average Bonchev–Trinajstić information content (AvgIpc) is 3.27. The number of rotatable bonds is 5. The van der Waals surface area contributed by atoms with Gasteiger partial charge in [-0.3, -0.25) is 9.58 Å². The Labute approximate surface area is 149 Å². The van der Waals surface area contributed by atoms with Gasteiger partial charge in [0.25, 0.3) is 0 Å². The molecule has 0 amide bonds. The highest BCUT2D eigenvalue weighted by Crippen LogP contribution is 2.25. The molecule has 0 spiro atoms. The van der Waals surface area contributed by atoms with Crippen LogP contribution in [0.2, 0.25) is 0 Å². The molecule has 0 unspecified atom stereocenters. The number of nitrogens with zero attached hydrogens (tertiary/aromatic N) is 5. The zero-order chi connectivity index (χ0) is 17.1. The van der Waals surface area contributed by atoms with Crippen LogP contribution in [0.15, 0.2) is 30.6 Å². The number of hydrogen-bond donors (Lipinski definition) is 0. The first-order valence-electron chi connectivity index (χ1n) is 9.27. The predicted octanol–water partition coefficient (Wildman–Crippen LogP) is 1.95. The van der Waals surface area contributed by atoms with Crippen LogP contribution in [0.25, 0.3) is 0 Å². The number of pyridine rings is 1. The van der Waals surface area contributed by atoms with Crippen LogP contribution in [-0.4, -0.2) is 59.1 Å². The Balaban J connectivity index is 1.49. The van der Waals surface area contributed by atoms with Crippen LogP contribution >= 0.6 is 0 Å². The summed E-state index contributed by atoms with van der Waals surface area (Å²) in [5.74, 6) is 1.83. The minimum atomic E-state index is 0.678. The van der Waals surface area contributed by atoms with E-state index in [1.54, 1.807) is 0 Å². The average molecular weight is 341 g/mol. The van der Waals surface area contributed by atoms with Gasteiger partial charge in [0.15, 0.2) is 0 Å². The normalized spacial score (nSPS) is 21.3. The molecule has 2 aliphatic heterocycles. The van der Waals surface area contributed by atoms with Crippen molar-refractivity contribution in [2.75, 3.05) is 44.3 Å². The minimum Gasteiger partial charge on any atom is -0.381 e. The second-order valence-electron chi connectivity index (χ2n) is 7.16. The molecule has 134 valence electrons. The molecule has 0 bridgehead atoms. The Bertz CT molecular complexity index is 681. The van der Waals surface area contributed by atoms with Crippen LogP contribution in [0.4, 0.5) is 5.82 Å². The lowest BCUT2D eigenvalue weighted by molar-refractivity contribution is 0.166. The quantitative estimate of drug-likeness (QED) is 0.832. The molecule has 0 aromatic carbocycles. The lowest BCUT2D eigenvalue weighted by Gasteiger charge is -2.25. The molecule has 1 fully saturated rings. The summed E-state index contributed by atoms with van der Waals surface area (Å²) in [5, 5.41) is 4.33. The zero-order valence-corrected chi connectivity index (χ0v) is 15.0. The van der Waals surface area contributed by atoms with Gasteiger partial charge in [0.2, 0.25) is 0 Å². The van der Waals surface area contributed by atoms with Gasteiger partial charge in [0.1, 0.15) is 5.82 Å². The third-order valence-electron chi connectivity index (χ3n) is 5.17. The van der Waals surface area contributed by atoms with E-state index in [4.69, 9.17) is 9.72 Å². The molecule has 1 atom stereocenters. The maximum atomic E-state index is 5.56. The van der Waals surface area contributed by atoms with Gasteiger partial charge in [-0.25, -0.2) is 4.98 Å². The van der Waals surface area contributed by atoms with Crippen LogP contribution in [-0.2, 0) is 17.8 Å². The van der Waals surface area contributed by atoms with E-state index < -0.39 is 0 Å². The maximum absolute atomic E-state index is 5.56. The molecule has 4 heterocycles. The number of aromatic nitrogens is 3. The fraction of sp³-hybridized carbons (Fsp3) is 0.579. The molecule has 2 aromatic rings. The number of anilines is 1. The Morgan fingerprint density at radius 2 is 2.20 bits per heavy atom. The molecule has 4 rings (SSSR count). The molecule has 6 nitrogen and oxygen atoms in total. The fourth-order valence-electron chi connectivity index (χ4n) is 3.78. The SMILES string of the molecule is Cc1ccc2c(n1)N(CCn1cccn1)CCN(C[C@H]1CCOC1)C2. The van der Waals surface area contributed by atoms with Crippen LogP contribution < -0.4 is 4.90 Å². The zero-order valence-electron chi connectivity index (χ0n) is 15.0. The van der Waals surface area contributed by atoms with Gasteiger partial charge in [0, 0.05) is 63.0 Å². The van der Waals surface area contributed by atoms with Crippen LogP contribution in [0.1, 0.15) is 17.7 Å². The summed E-state index contributed by atoms with van der Waals surface area (Å²) in [4.78, 5) is 9.86.